The Bertz CT molecular complexity index is 641. The predicted octanol–water partition coefficient (Wildman–Crippen LogP) is 3.41. The molecule has 0 fully saturated rings. The van der Waals surface area contributed by atoms with Crippen molar-refractivity contribution in [2.24, 2.45) is 0 Å². The zero-order valence-electron chi connectivity index (χ0n) is 12.2. The Balaban J connectivity index is 2.56. The monoisotopic (exact) mass is 288 g/mol. The number of para-hydroxylation sites is 1. The van der Waals surface area contributed by atoms with Crippen LogP contribution in [0.2, 0.25) is 0 Å². The number of hydrogen-bond donors (Lipinski definition) is 1. The van der Waals surface area contributed by atoms with E-state index in [-0.39, 0.29) is 4.75 Å². The highest BCUT2D eigenvalue weighted by atomic mass is 32.2. The van der Waals surface area contributed by atoms with Gasteiger partial charge in [-0.2, -0.15) is 17.0 Å². The largest absolute Gasteiger partial charge is 0.369 e. The minimum atomic E-state index is 0.157. The third-order valence-electron chi connectivity index (χ3n) is 4.10. The molecule has 2 N–H and O–H groups in total. The molecular weight excluding hydrogens is 268 g/mol. The SMILES string of the molecule is CCC(CC)(Cn1c(N)nc2c(C#N)cccc21)SC. The molecule has 1 aromatic carbocycles. The lowest BCUT2D eigenvalue weighted by molar-refractivity contribution is 0.476. The van der Waals surface area contributed by atoms with E-state index >= 15 is 0 Å². The molecule has 0 saturated heterocycles. The minimum Gasteiger partial charge on any atom is -0.369 e. The molecule has 106 valence electrons. The van der Waals surface area contributed by atoms with Crippen molar-refractivity contribution in [3.05, 3.63) is 23.8 Å². The fraction of sp³-hybridized carbons (Fsp3) is 0.467. The van der Waals surface area contributed by atoms with Gasteiger partial charge in [-0.3, -0.25) is 0 Å². The number of thioether (sulfide) groups is 1. The van der Waals surface area contributed by atoms with E-state index < -0.39 is 0 Å². The first-order valence-electron chi connectivity index (χ1n) is 6.80. The van der Waals surface area contributed by atoms with Crippen molar-refractivity contribution >= 4 is 28.7 Å². The molecule has 0 saturated carbocycles. The molecule has 5 heteroatoms. The van der Waals surface area contributed by atoms with Crippen molar-refractivity contribution in [2.75, 3.05) is 12.0 Å². The molecule has 20 heavy (non-hydrogen) atoms. The standard InChI is InChI=1S/C15H20N4S/c1-4-15(5-2,20-3)10-19-12-8-6-7-11(9-16)13(12)18-14(19)17/h6-8H,4-5,10H2,1-3H3,(H2,17,18). The van der Waals surface area contributed by atoms with E-state index in [1.807, 2.05) is 28.5 Å². The maximum atomic E-state index is 9.16. The van der Waals surface area contributed by atoms with Crippen molar-refractivity contribution in [1.29, 1.82) is 5.26 Å². The van der Waals surface area contributed by atoms with Crippen LogP contribution >= 0.6 is 11.8 Å². The molecule has 1 aromatic heterocycles. The summed E-state index contributed by atoms with van der Waals surface area (Å²) in [5, 5.41) is 9.16. The molecule has 0 amide bonds. The molecule has 1 heterocycles. The van der Waals surface area contributed by atoms with Gasteiger partial charge in [-0.1, -0.05) is 19.9 Å². The number of nitriles is 1. The maximum Gasteiger partial charge on any atom is 0.201 e. The van der Waals surface area contributed by atoms with Gasteiger partial charge in [-0.25, -0.2) is 4.98 Å². The van der Waals surface area contributed by atoms with Gasteiger partial charge >= 0.3 is 0 Å². The molecule has 0 aliphatic rings. The summed E-state index contributed by atoms with van der Waals surface area (Å²) in [6.07, 6.45) is 4.28. The van der Waals surface area contributed by atoms with Crippen LogP contribution in [0.3, 0.4) is 0 Å². The molecule has 0 bridgehead atoms. The topological polar surface area (TPSA) is 67.6 Å². The number of nitrogen functional groups attached to an aromatic ring is 1. The average molecular weight is 288 g/mol. The molecule has 4 nitrogen and oxygen atoms in total. The smallest absolute Gasteiger partial charge is 0.201 e. The maximum absolute atomic E-state index is 9.16. The van der Waals surface area contributed by atoms with Crippen LogP contribution < -0.4 is 5.73 Å². The summed E-state index contributed by atoms with van der Waals surface area (Å²) in [6.45, 7) is 5.23. The second-order valence-corrected chi connectivity index (χ2v) is 6.21. The van der Waals surface area contributed by atoms with Gasteiger partial charge in [0.15, 0.2) is 0 Å². The summed E-state index contributed by atoms with van der Waals surface area (Å²) in [4.78, 5) is 4.38. The van der Waals surface area contributed by atoms with Crippen molar-refractivity contribution in [1.82, 2.24) is 9.55 Å². The molecule has 2 rings (SSSR count). The number of hydrogen-bond acceptors (Lipinski definition) is 4. The number of nitrogens with zero attached hydrogens (tertiary/aromatic N) is 3. The van der Waals surface area contributed by atoms with Crippen LogP contribution in [0.15, 0.2) is 18.2 Å². The van der Waals surface area contributed by atoms with Crippen molar-refractivity contribution < 1.29 is 0 Å². The fourth-order valence-corrected chi connectivity index (χ4v) is 3.37. The Labute approximate surface area is 124 Å². The van der Waals surface area contributed by atoms with Crippen molar-refractivity contribution in [3.8, 4) is 6.07 Å². The number of nitrogens with two attached hydrogens (primary N) is 1. The molecule has 0 radical (unpaired) electrons. The lowest BCUT2D eigenvalue weighted by Crippen LogP contribution is -2.29. The number of fused-ring (bicyclic) bond motifs is 1. The Morgan fingerprint density at radius 1 is 1.40 bits per heavy atom. The van der Waals surface area contributed by atoms with Crippen LogP contribution in [0, 0.1) is 11.3 Å². The number of imidazole rings is 1. The number of benzene rings is 1. The molecule has 0 aliphatic heterocycles. The Morgan fingerprint density at radius 3 is 2.65 bits per heavy atom. The van der Waals surface area contributed by atoms with E-state index in [4.69, 9.17) is 11.0 Å². The summed E-state index contributed by atoms with van der Waals surface area (Å²) in [5.41, 5.74) is 8.31. The van der Waals surface area contributed by atoms with Gasteiger partial charge in [0, 0.05) is 11.3 Å². The van der Waals surface area contributed by atoms with Gasteiger partial charge in [0.2, 0.25) is 5.95 Å². The first-order chi connectivity index (χ1) is 9.60. The van der Waals surface area contributed by atoms with E-state index in [1.165, 1.54) is 0 Å². The molecular formula is C15H20N4S. The molecule has 0 unspecified atom stereocenters. The van der Waals surface area contributed by atoms with Crippen molar-refractivity contribution in [2.45, 2.75) is 38.0 Å². The zero-order valence-corrected chi connectivity index (χ0v) is 13.0. The van der Waals surface area contributed by atoms with Gasteiger partial charge in [0.05, 0.1) is 11.1 Å². The summed E-state index contributed by atoms with van der Waals surface area (Å²) in [7, 11) is 0. The van der Waals surface area contributed by atoms with E-state index in [1.54, 1.807) is 6.07 Å². The highest BCUT2D eigenvalue weighted by Gasteiger charge is 2.27. The van der Waals surface area contributed by atoms with Gasteiger partial charge in [0.25, 0.3) is 0 Å². The Morgan fingerprint density at radius 2 is 2.10 bits per heavy atom. The van der Waals surface area contributed by atoms with Crippen LogP contribution in [0.25, 0.3) is 11.0 Å². The van der Waals surface area contributed by atoms with E-state index in [2.05, 4.69) is 31.2 Å². The van der Waals surface area contributed by atoms with E-state index in [0.29, 0.717) is 17.0 Å². The van der Waals surface area contributed by atoms with Gasteiger partial charge in [0.1, 0.15) is 11.6 Å². The first-order valence-corrected chi connectivity index (χ1v) is 8.03. The van der Waals surface area contributed by atoms with E-state index in [9.17, 15) is 0 Å². The summed E-state index contributed by atoms with van der Waals surface area (Å²) < 4.78 is 2.20. The van der Waals surface area contributed by atoms with Crippen LogP contribution in [-0.2, 0) is 6.54 Å². The number of aromatic nitrogens is 2. The summed E-state index contributed by atoms with van der Waals surface area (Å²) in [5.74, 6) is 0.489. The quantitative estimate of drug-likeness (QED) is 0.915. The fourth-order valence-electron chi connectivity index (χ4n) is 2.54. The van der Waals surface area contributed by atoms with Crippen LogP contribution in [0.1, 0.15) is 32.3 Å². The lowest BCUT2D eigenvalue weighted by Gasteiger charge is -2.30. The van der Waals surface area contributed by atoms with Crippen LogP contribution in [0.4, 0.5) is 5.95 Å². The number of rotatable bonds is 5. The molecule has 0 atom stereocenters. The van der Waals surface area contributed by atoms with Gasteiger partial charge in [-0.15, -0.1) is 0 Å². The predicted molar refractivity (Wildman–Crippen MR) is 85.7 cm³/mol. The van der Waals surface area contributed by atoms with Crippen molar-refractivity contribution in [3.63, 3.8) is 0 Å². The third-order valence-corrected chi connectivity index (χ3v) is 5.67. The van der Waals surface area contributed by atoms with Crippen LogP contribution in [-0.4, -0.2) is 20.6 Å². The summed E-state index contributed by atoms with van der Waals surface area (Å²) in [6, 6.07) is 7.83. The molecule has 0 spiro atoms. The minimum absolute atomic E-state index is 0.157. The highest BCUT2D eigenvalue weighted by Crippen LogP contribution is 2.34. The average Bonchev–Trinajstić information content (AvgIpc) is 2.80. The second kappa shape index (κ2) is 5.76. The van der Waals surface area contributed by atoms with Gasteiger partial charge in [-0.05, 0) is 31.2 Å². The third kappa shape index (κ3) is 2.36. The highest BCUT2D eigenvalue weighted by molar-refractivity contribution is 8.00. The summed E-state index contributed by atoms with van der Waals surface area (Å²) >= 11 is 1.87. The Kier molecular flexibility index (Phi) is 4.24. The Hall–Kier alpha value is -1.67. The normalized spacial score (nSPS) is 11.7. The first kappa shape index (κ1) is 14.7. The lowest BCUT2D eigenvalue weighted by atomic mass is 10.0. The van der Waals surface area contributed by atoms with Gasteiger partial charge < -0.3 is 10.3 Å². The second-order valence-electron chi connectivity index (χ2n) is 4.94. The van der Waals surface area contributed by atoms with Crippen LogP contribution in [0.5, 0.6) is 0 Å². The van der Waals surface area contributed by atoms with E-state index in [0.717, 1.165) is 24.9 Å². The zero-order chi connectivity index (χ0) is 14.8. The molecule has 0 aliphatic carbocycles. The number of anilines is 1. The molecule has 2 aromatic rings.